The molecule has 0 unspecified atom stereocenters. The second kappa shape index (κ2) is 5.14. The predicted octanol–water partition coefficient (Wildman–Crippen LogP) is 0.835. The van der Waals surface area contributed by atoms with Crippen LogP contribution in [0.15, 0.2) is 23.1 Å². The predicted molar refractivity (Wildman–Crippen MR) is 69.2 cm³/mol. The van der Waals surface area contributed by atoms with Gasteiger partial charge in [0.1, 0.15) is 10.6 Å². The SMILES string of the molecule is CS(=O)(=O)c1cccc(N2CCOCC2)c1[N+](=O)[O-]. The van der Waals surface area contributed by atoms with E-state index in [-0.39, 0.29) is 10.6 Å². The van der Waals surface area contributed by atoms with Gasteiger partial charge in [-0.25, -0.2) is 8.42 Å². The quantitative estimate of drug-likeness (QED) is 0.604. The zero-order valence-corrected chi connectivity index (χ0v) is 11.2. The van der Waals surface area contributed by atoms with Gasteiger partial charge in [0.05, 0.1) is 18.1 Å². The Morgan fingerprint density at radius 3 is 2.47 bits per heavy atom. The van der Waals surface area contributed by atoms with Crippen molar-refractivity contribution in [1.82, 2.24) is 0 Å². The molecule has 1 aromatic rings. The maximum atomic E-state index is 11.6. The van der Waals surface area contributed by atoms with Crippen LogP contribution in [0.2, 0.25) is 0 Å². The monoisotopic (exact) mass is 286 g/mol. The second-order valence-electron chi connectivity index (χ2n) is 4.25. The number of ether oxygens (including phenoxy) is 1. The Morgan fingerprint density at radius 1 is 1.32 bits per heavy atom. The van der Waals surface area contributed by atoms with E-state index in [1.54, 1.807) is 11.0 Å². The van der Waals surface area contributed by atoms with Gasteiger partial charge in [-0.15, -0.1) is 0 Å². The summed E-state index contributed by atoms with van der Waals surface area (Å²) in [5, 5.41) is 11.2. The van der Waals surface area contributed by atoms with Crippen LogP contribution >= 0.6 is 0 Å². The minimum atomic E-state index is -3.64. The van der Waals surface area contributed by atoms with Crippen molar-refractivity contribution in [2.75, 3.05) is 37.5 Å². The number of hydrogen-bond acceptors (Lipinski definition) is 6. The molecule has 1 heterocycles. The van der Waals surface area contributed by atoms with Crippen molar-refractivity contribution in [3.8, 4) is 0 Å². The Labute approximate surface area is 110 Å². The molecule has 0 aliphatic carbocycles. The molecule has 1 aliphatic heterocycles. The first-order valence-electron chi connectivity index (χ1n) is 5.71. The summed E-state index contributed by atoms with van der Waals surface area (Å²) in [6, 6.07) is 4.35. The first-order valence-corrected chi connectivity index (χ1v) is 7.60. The lowest BCUT2D eigenvalue weighted by Crippen LogP contribution is -2.36. The molecule has 7 nitrogen and oxygen atoms in total. The van der Waals surface area contributed by atoms with Crippen molar-refractivity contribution in [1.29, 1.82) is 0 Å². The highest BCUT2D eigenvalue weighted by molar-refractivity contribution is 7.90. The molecule has 0 aromatic heterocycles. The molecule has 0 bridgehead atoms. The standard InChI is InChI=1S/C11H14N2O5S/c1-19(16,17)10-4-2-3-9(11(10)13(14)15)12-5-7-18-8-6-12/h2-4H,5-8H2,1H3. The third kappa shape index (κ3) is 2.85. The number of hydrogen-bond donors (Lipinski definition) is 0. The minimum Gasteiger partial charge on any atom is -0.378 e. The Hall–Kier alpha value is -1.67. The largest absolute Gasteiger partial charge is 0.378 e. The number of anilines is 1. The van der Waals surface area contributed by atoms with E-state index >= 15 is 0 Å². The fraction of sp³-hybridized carbons (Fsp3) is 0.455. The Kier molecular flexibility index (Phi) is 3.72. The minimum absolute atomic E-state index is 0.249. The maximum Gasteiger partial charge on any atom is 0.311 e. The molecule has 1 saturated heterocycles. The Bertz CT molecular complexity index is 593. The summed E-state index contributed by atoms with van der Waals surface area (Å²) in [6.07, 6.45) is 0.971. The van der Waals surface area contributed by atoms with Crippen LogP contribution in [0, 0.1) is 10.1 Å². The molecule has 1 aromatic carbocycles. The van der Waals surface area contributed by atoms with E-state index < -0.39 is 14.8 Å². The summed E-state index contributed by atoms with van der Waals surface area (Å²) in [5.41, 5.74) is -0.0249. The summed E-state index contributed by atoms with van der Waals surface area (Å²) in [5.74, 6) is 0. The van der Waals surface area contributed by atoms with Crippen molar-refractivity contribution in [2.24, 2.45) is 0 Å². The fourth-order valence-electron chi connectivity index (χ4n) is 2.05. The van der Waals surface area contributed by atoms with E-state index in [9.17, 15) is 18.5 Å². The number of rotatable bonds is 3. The first-order chi connectivity index (χ1) is 8.91. The van der Waals surface area contributed by atoms with Gasteiger partial charge in [0.15, 0.2) is 9.84 Å². The lowest BCUT2D eigenvalue weighted by Gasteiger charge is -2.28. The van der Waals surface area contributed by atoms with Crippen LogP contribution in [-0.2, 0) is 14.6 Å². The third-order valence-electron chi connectivity index (χ3n) is 2.91. The summed E-state index contributed by atoms with van der Waals surface area (Å²) in [7, 11) is -3.64. The van der Waals surface area contributed by atoms with Crippen molar-refractivity contribution < 1.29 is 18.1 Å². The van der Waals surface area contributed by atoms with Gasteiger partial charge in [-0.2, -0.15) is 0 Å². The van der Waals surface area contributed by atoms with Crippen LogP contribution in [-0.4, -0.2) is 45.9 Å². The summed E-state index contributed by atoms with van der Waals surface area (Å²) in [4.78, 5) is 12.1. The van der Waals surface area contributed by atoms with Gasteiger partial charge in [-0.1, -0.05) is 6.07 Å². The highest BCUT2D eigenvalue weighted by Gasteiger charge is 2.29. The smallest absolute Gasteiger partial charge is 0.311 e. The van der Waals surface area contributed by atoms with Gasteiger partial charge in [0.2, 0.25) is 0 Å². The van der Waals surface area contributed by atoms with E-state index in [4.69, 9.17) is 4.74 Å². The van der Waals surface area contributed by atoms with Gasteiger partial charge >= 0.3 is 5.69 Å². The lowest BCUT2D eigenvalue weighted by atomic mass is 10.2. The number of nitro groups is 1. The molecule has 0 saturated carbocycles. The van der Waals surface area contributed by atoms with Crippen molar-refractivity contribution >= 4 is 21.2 Å². The van der Waals surface area contributed by atoms with Crippen LogP contribution in [0.5, 0.6) is 0 Å². The van der Waals surface area contributed by atoms with E-state index in [1.807, 2.05) is 0 Å². The van der Waals surface area contributed by atoms with Crippen molar-refractivity contribution in [3.05, 3.63) is 28.3 Å². The number of benzene rings is 1. The molecular formula is C11H14N2O5S. The van der Waals surface area contributed by atoms with Crippen LogP contribution in [0.4, 0.5) is 11.4 Å². The van der Waals surface area contributed by atoms with Gasteiger partial charge in [-0.3, -0.25) is 10.1 Å². The van der Waals surface area contributed by atoms with E-state index in [0.717, 1.165) is 6.26 Å². The summed E-state index contributed by atoms with van der Waals surface area (Å²) >= 11 is 0. The van der Waals surface area contributed by atoms with Crippen LogP contribution in [0.3, 0.4) is 0 Å². The number of para-hydroxylation sites is 1. The maximum absolute atomic E-state index is 11.6. The van der Waals surface area contributed by atoms with Gasteiger partial charge in [0, 0.05) is 19.3 Å². The van der Waals surface area contributed by atoms with E-state index in [0.29, 0.717) is 32.0 Å². The molecule has 0 spiro atoms. The van der Waals surface area contributed by atoms with E-state index in [1.165, 1.54) is 12.1 Å². The molecule has 2 rings (SSSR count). The average molecular weight is 286 g/mol. The highest BCUT2D eigenvalue weighted by Crippen LogP contribution is 2.34. The fourth-order valence-corrected chi connectivity index (χ4v) is 2.91. The van der Waals surface area contributed by atoms with Crippen LogP contribution < -0.4 is 4.90 Å². The molecule has 0 radical (unpaired) electrons. The molecule has 0 atom stereocenters. The number of nitrogens with zero attached hydrogens (tertiary/aromatic N) is 2. The molecule has 8 heteroatoms. The summed E-state index contributed by atoms with van der Waals surface area (Å²) < 4.78 is 28.5. The molecule has 1 fully saturated rings. The van der Waals surface area contributed by atoms with Gasteiger partial charge in [0.25, 0.3) is 0 Å². The van der Waals surface area contributed by atoms with E-state index in [2.05, 4.69) is 0 Å². The topological polar surface area (TPSA) is 89.8 Å². The average Bonchev–Trinajstić information content (AvgIpc) is 2.37. The second-order valence-corrected chi connectivity index (χ2v) is 6.24. The molecule has 104 valence electrons. The van der Waals surface area contributed by atoms with Crippen molar-refractivity contribution in [2.45, 2.75) is 4.90 Å². The van der Waals surface area contributed by atoms with Gasteiger partial charge < -0.3 is 9.64 Å². The third-order valence-corrected chi connectivity index (χ3v) is 4.04. The zero-order chi connectivity index (χ0) is 14.0. The molecule has 1 aliphatic rings. The Morgan fingerprint density at radius 2 is 1.95 bits per heavy atom. The number of sulfone groups is 1. The number of morpholine rings is 1. The Balaban J connectivity index is 2.57. The molecular weight excluding hydrogens is 272 g/mol. The molecule has 19 heavy (non-hydrogen) atoms. The van der Waals surface area contributed by atoms with Crippen LogP contribution in [0.1, 0.15) is 0 Å². The lowest BCUT2D eigenvalue weighted by molar-refractivity contribution is -0.387. The highest BCUT2D eigenvalue weighted by atomic mass is 32.2. The summed E-state index contributed by atoms with van der Waals surface area (Å²) in [6.45, 7) is 1.96. The molecule has 0 amide bonds. The normalized spacial score (nSPS) is 16.4. The first kappa shape index (κ1) is 13.8. The van der Waals surface area contributed by atoms with Crippen LogP contribution in [0.25, 0.3) is 0 Å². The molecule has 0 N–H and O–H groups in total. The van der Waals surface area contributed by atoms with Crippen molar-refractivity contribution in [3.63, 3.8) is 0 Å². The number of nitro benzene ring substituents is 1. The zero-order valence-electron chi connectivity index (χ0n) is 10.4. The van der Waals surface area contributed by atoms with Gasteiger partial charge in [-0.05, 0) is 12.1 Å².